The minimum absolute atomic E-state index is 0.0220. The van der Waals surface area contributed by atoms with Gasteiger partial charge in [-0.3, -0.25) is 9.69 Å². The summed E-state index contributed by atoms with van der Waals surface area (Å²) >= 11 is 0. The van der Waals surface area contributed by atoms with E-state index in [4.69, 9.17) is 0 Å². The zero-order valence-electron chi connectivity index (χ0n) is 12.5. The van der Waals surface area contributed by atoms with Gasteiger partial charge in [-0.25, -0.2) is 0 Å². The fraction of sp³-hybridized carbons (Fsp3) is 0.167. The minimum atomic E-state index is 0.0220. The van der Waals surface area contributed by atoms with Gasteiger partial charge in [-0.2, -0.15) is 0 Å². The number of hydrogen-bond acceptors (Lipinski definition) is 2. The van der Waals surface area contributed by atoms with Crippen molar-refractivity contribution in [2.45, 2.75) is 6.92 Å². The summed E-state index contributed by atoms with van der Waals surface area (Å²) in [4.78, 5) is 16.5. The van der Waals surface area contributed by atoms with Crippen LogP contribution in [0, 0.1) is 6.92 Å². The van der Waals surface area contributed by atoms with Crippen LogP contribution in [0.25, 0.3) is 5.57 Å². The number of benzene rings is 2. The van der Waals surface area contributed by atoms with E-state index in [9.17, 15) is 4.79 Å². The van der Waals surface area contributed by atoms with Gasteiger partial charge in [0.25, 0.3) is 5.91 Å². The molecule has 3 heteroatoms. The molecule has 0 spiro atoms. The molecular formula is C18H18N2O. The van der Waals surface area contributed by atoms with Crippen LogP contribution in [0.3, 0.4) is 0 Å². The molecular weight excluding hydrogens is 260 g/mol. The fourth-order valence-corrected chi connectivity index (χ4v) is 2.57. The number of fused-ring (bicyclic) bond motifs is 1. The largest absolute Gasteiger partial charge is 0.383 e. The van der Waals surface area contributed by atoms with E-state index in [-0.39, 0.29) is 5.91 Å². The molecule has 106 valence electrons. The van der Waals surface area contributed by atoms with E-state index >= 15 is 0 Å². The summed E-state index contributed by atoms with van der Waals surface area (Å²) in [7, 11) is 3.86. The maximum atomic E-state index is 12.8. The van der Waals surface area contributed by atoms with Gasteiger partial charge in [0, 0.05) is 31.5 Å². The van der Waals surface area contributed by atoms with E-state index in [0.29, 0.717) is 0 Å². The molecule has 1 aliphatic heterocycles. The summed E-state index contributed by atoms with van der Waals surface area (Å²) in [6.07, 6.45) is 1.88. The highest BCUT2D eigenvalue weighted by molar-refractivity contribution is 6.34. The molecule has 0 saturated carbocycles. The molecule has 3 rings (SSSR count). The number of amides is 1. The van der Waals surface area contributed by atoms with Crippen molar-refractivity contribution in [3.8, 4) is 0 Å². The average molecular weight is 278 g/mol. The number of aryl methyl sites for hydroxylation is 1. The summed E-state index contributed by atoms with van der Waals surface area (Å²) in [6.45, 7) is 2.04. The molecule has 0 saturated heterocycles. The molecule has 0 fully saturated rings. The molecule has 2 aromatic carbocycles. The van der Waals surface area contributed by atoms with Crippen molar-refractivity contribution < 1.29 is 4.79 Å². The third-order valence-corrected chi connectivity index (χ3v) is 3.55. The van der Waals surface area contributed by atoms with E-state index in [1.807, 2.05) is 80.6 Å². The van der Waals surface area contributed by atoms with Crippen molar-refractivity contribution in [1.29, 1.82) is 0 Å². The second-order valence-electron chi connectivity index (χ2n) is 5.50. The molecule has 0 N–H and O–H groups in total. The number of rotatable bonds is 2. The third-order valence-electron chi connectivity index (χ3n) is 3.55. The number of nitrogens with zero attached hydrogens (tertiary/aromatic N) is 2. The zero-order chi connectivity index (χ0) is 15.0. The molecule has 1 aliphatic rings. The first kappa shape index (κ1) is 13.4. The van der Waals surface area contributed by atoms with E-state index in [0.717, 1.165) is 22.5 Å². The van der Waals surface area contributed by atoms with Gasteiger partial charge in [-0.1, -0.05) is 35.9 Å². The van der Waals surface area contributed by atoms with Gasteiger partial charge in [-0.05, 0) is 25.1 Å². The first-order chi connectivity index (χ1) is 10.1. The first-order valence-electron chi connectivity index (χ1n) is 6.96. The smallest absolute Gasteiger partial charge is 0.265 e. The highest BCUT2D eigenvalue weighted by Gasteiger charge is 2.33. The lowest BCUT2D eigenvalue weighted by Gasteiger charge is -2.17. The normalized spacial score (nSPS) is 15.5. The summed E-state index contributed by atoms with van der Waals surface area (Å²) in [5, 5.41) is 0. The number of anilines is 2. The van der Waals surface area contributed by atoms with Crippen molar-refractivity contribution in [3.05, 3.63) is 65.9 Å². The Morgan fingerprint density at radius 2 is 1.67 bits per heavy atom. The Kier molecular flexibility index (Phi) is 3.26. The monoisotopic (exact) mass is 278 g/mol. The third kappa shape index (κ3) is 2.31. The SMILES string of the molecule is Cc1ccc(N2C(=O)/C(=C\N(C)C)c3ccccc32)cc1. The molecule has 0 atom stereocenters. The van der Waals surface area contributed by atoms with Crippen LogP contribution in [-0.2, 0) is 4.79 Å². The summed E-state index contributed by atoms with van der Waals surface area (Å²) in [6, 6.07) is 15.9. The second kappa shape index (κ2) is 5.09. The van der Waals surface area contributed by atoms with E-state index < -0.39 is 0 Å². The standard InChI is InChI=1S/C18H18N2O/c1-13-8-10-14(11-9-13)20-17-7-5-4-6-15(17)16(18(20)21)12-19(2)3/h4-12H,1-3H3/b16-12-. The Bertz CT molecular complexity index is 714. The van der Waals surface area contributed by atoms with Crippen molar-refractivity contribution >= 4 is 22.9 Å². The maximum Gasteiger partial charge on any atom is 0.265 e. The van der Waals surface area contributed by atoms with Gasteiger partial charge in [-0.15, -0.1) is 0 Å². The van der Waals surface area contributed by atoms with E-state index in [1.54, 1.807) is 4.90 Å². The van der Waals surface area contributed by atoms with Crippen molar-refractivity contribution in [1.82, 2.24) is 4.90 Å². The molecule has 1 amide bonds. The maximum absolute atomic E-state index is 12.8. The number of carbonyl (C=O) groups excluding carboxylic acids is 1. The first-order valence-corrected chi connectivity index (χ1v) is 6.96. The van der Waals surface area contributed by atoms with Gasteiger partial charge < -0.3 is 4.90 Å². The van der Waals surface area contributed by atoms with Crippen LogP contribution < -0.4 is 4.90 Å². The van der Waals surface area contributed by atoms with Gasteiger partial charge in [0.05, 0.1) is 11.3 Å². The lowest BCUT2D eigenvalue weighted by molar-refractivity contribution is -0.112. The van der Waals surface area contributed by atoms with Crippen LogP contribution in [0.4, 0.5) is 11.4 Å². The molecule has 3 nitrogen and oxygen atoms in total. The van der Waals surface area contributed by atoms with Gasteiger partial charge in [0.15, 0.2) is 0 Å². The molecule has 0 bridgehead atoms. The van der Waals surface area contributed by atoms with Crippen LogP contribution in [0.15, 0.2) is 54.7 Å². The predicted molar refractivity (Wildman–Crippen MR) is 86.4 cm³/mol. The van der Waals surface area contributed by atoms with Crippen molar-refractivity contribution in [2.24, 2.45) is 0 Å². The Morgan fingerprint density at radius 3 is 2.33 bits per heavy atom. The van der Waals surface area contributed by atoms with Crippen LogP contribution >= 0.6 is 0 Å². The molecule has 21 heavy (non-hydrogen) atoms. The molecule has 0 radical (unpaired) electrons. The second-order valence-corrected chi connectivity index (χ2v) is 5.50. The van der Waals surface area contributed by atoms with Crippen molar-refractivity contribution in [2.75, 3.05) is 19.0 Å². The Morgan fingerprint density at radius 1 is 1.00 bits per heavy atom. The topological polar surface area (TPSA) is 23.6 Å². The Hall–Kier alpha value is -2.55. The Balaban J connectivity index is 2.15. The average Bonchev–Trinajstić information content (AvgIpc) is 2.73. The van der Waals surface area contributed by atoms with Crippen molar-refractivity contribution in [3.63, 3.8) is 0 Å². The van der Waals surface area contributed by atoms with Crippen LogP contribution in [0.2, 0.25) is 0 Å². The zero-order valence-corrected chi connectivity index (χ0v) is 12.5. The lowest BCUT2D eigenvalue weighted by atomic mass is 10.1. The quantitative estimate of drug-likeness (QED) is 0.784. The lowest BCUT2D eigenvalue weighted by Crippen LogP contribution is -2.21. The molecule has 0 aliphatic carbocycles. The van der Waals surface area contributed by atoms with Crippen LogP contribution in [-0.4, -0.2) is 24.9 Å². The highest BCUT2D eigenvalue weighted by Crippen LogP contribution is 2.41. The number of carbonyl (C=O) groups is 1. The van der Waals surface area contributed by atoms with E-state index in [2.05, 4.69) is 0 Å². The summed E-state index contributed by atoms with van der Waals surface area (Å²) in [5.74, 6) is 0.0220. The fourth-order valence-electron chi connectivity index (χ4n) is 2.57. The van der Waals surface area contributed by atoms with Gasteiger partial charge in [0.1, 0.15) is 0 Å². The molecule has 0 aromatic heterocycles. The molecule has 1 heterocycles. The van der Waals surface area contributed by atoms with Gasteiger partial charge >= 0.3 is 0 Å². The Labute approximate surface area is 125 Å². The van der Waals surface area contributed by atoms with Crippen LogP contribution in [0.5, 0.6) is 0 Å². The summed E-state index contributed by atoms with van der Waals surface area (Å²) < 4.78 is 0. The predicted octanol–water partition coefficient (Wildman–Crippen LogP) is 3.58. The number of hydrogen-bond donors (Lipinski definition) is 0. The highest BCUT2D eigenvalue weighted by atomic mass is 16.2. The van der Waals surface area contributed by atoms with Crippen LogP contribution in [0.1, 0.15) is 11.1 Å². The van der Waals surface area contributed by atoms with E-state index in [1.165, 1.54) is 5.56 Å². The van der Waals surface area contributed by atoms with Gasteiger partial charge in [0.2, 0.25) is 0 Å². The molecule has 0 unspecified atom stereocenters. The number of para-hydroxylation sites is 1. The summed E-state index contributed by atoms with van der Waals surface area (Å²) in [5.41, 5.74) is 4.75. The molecule has 2 aromatic rings. The minimum Gasteiger partial charge on any atom is -0.383 e.